The fraction of sp³-hybridized carbons (Fsp3) is 0.818. The topological polar surface area (TPSA) is 0 Å². The predicted octanol–water partition coefficient (Wildman–Crippen LogP) is 4.11. The fourth-order valence-electron chi connectivity index (χ4n) is 0. The molecule has 0 rings (SSSR count). The lowest BCUT2D eigenvalue weighted by Crippen LogP contribution is -1.77. The minimum atomic E-state index is 0.847. The van der Waals surface area contributed by atoms with Gasteiger partial charge < -0.3 is 0 Å². The van der Waals surface area contributed by atoms with Crippen molar-refractivity contribution >= 4 is 0 Å². The molecule has 0 heterocycles. The summed E-state index contributed by atoms with van der Waals surface area (Å²) >= 11 is 0. The molecular weight excluding hydrogens is 132 g/mol. The van der Waals surface area contributed by atoms with Crippen LogP contribution in [0.1, 0.15) is 54.4 Å². The molecule has 0 heteroatoms. The maximum Gasteiger partial charge on any atom is 0.00576 e. The van der Waals surface area contributed by atoms with Crippen molar-refractivity contribution in [2.75, 3.05) is 0 Å². The molecule has 0 nitrogen and oxygen atoms in total. The minimum absolute atomic E-state index is 0.847. The van der Waals surface area contributed by atoms with E-state index in [0.29, 0.717) is 0 Å². The highest BCUT2D eigenvalue weighted by molar-refractivity contribution is 4.80. The summed E-state index contributed by atoms with van der Waals surface area (Å²) in [4.78, 5) is 0. The van der Waals surface area contributed by atoms with E-state index in [2.05, 4.69) is 26.7 Å². The Morgan fingerprint density at radius 3 is 1.36 bits per heavy atom. The van der Waals surface area contributed by atoms with Crippen molar-refractivity contribution < 1.29 is 0 Å². The minimum Gasteiger partial charge on any atom is -0.120 e. The van der Waals surface area contributed by atoms with Crippen molar-refractivity contribution in [3.8, 4) is 12.3 Å². The molecule has 0 aliphatic carbocycles. The van der Waals surface area contributed by atoms with Gasteiger partial charge in [-0.25, -0.2) is 0 Å². The van der Waals surface area contributed by atoms with Crippen LogP contribution in [0.5, 0.6) is 0 Å². The quantitative estimate of drug-likeness (QED) is 0.501. The third-order valence-corrected chi connectivity index (χ3v) is 1.02. The Kier molecular flexibility index (Phi) is 34.8. The lowest BCUT2D eigenvalue weighted by Gasteiger charge is -1.90. The second-order valence-electron chi connectivity index (χ2n) is 2.36. The Morgan fingerprint density at radius 1 is 1.18 bits per heavy atom. The summed E-state index contributed by atoms with van der Waals surface area (Å²) in [5.74, 6) is 3.31. The van der Waals surface area contributed by atoms with E-state index in [0.717, 1.165) is 12.3 Å². The molecule has 0 aliphatic heterocycles. The van der Waals surface area contributed by atoms with Crippen LogP contribution in [0.25, 0.3) is 0 Å². The zero-order valence-electron chi connectivity index (χ0n) is 9.07. The van der Waals surface area contributed by atoms with Gasteiger partial charge in [0.05, 0.1) is 0 Å². The average molecular weight is 156 g/mol. The SMILES string of the molecule is C#CCC.CC.CCC(C)C. The molecule has 0 radical (unpaired) electrons. The molecule has 11 heavy (non-hydrogen) atoms. The van der Waals surface area contributed by atoms with Gasteiger partial charge in [-0.2, -0.15) is 0 Å². The van der Waals surface area contributed by atoms with Gasteiger partial charge in [0.1, 0.15) is 0 Å². The van der Waals surface area contributed by atoms with Crippen molar-refractivity contribution in [2.45, 2.75) is 54.4 Å². The first kappa shape index (κ1) is 16.9. The van der Waals surface area contributed by atoms with Crippen LogP contribution in [0.3, 0.4) is 0 Å². The zero-order chi connectivity index (χ0) is 9.70. The van der Waals surface area contributed by atoms with Crippen molar-refractivity contribution in [3.05, 3.63) is 0 Å². The highest BCUT2D eigenvalue weighted by Crippen LogP contribution is 1.93. The summed E-state index contributed by atoms with van der Waals surface area (Å²) in [6.07, 6.45) is 6.93. The first-order chi connectivity index (χ1) is 5.18. The normalized spacial score (nSPS) is 6.73. The Hall–Kier alpha value is -0.440. The van der Waals surface area contributed by atoms with E-state index in [1.54, 1.807) is 0 Å². The maximum atomic E-state index is 4.78. The second-order valence-corrected chi connectivity index (χ2v) is 2.36. The second kappa shape index (κ2) is 22.7. The number of hydrogen-bond acceptors (Lipinski definition) is 0. The maximum absolute atomic E-state index is 4.78. The van der Waals surface area contributed by atoms with Crippen LogP contribution in [0.2, 0.25) is 0 Å². The Balaban J connectivity index is -0.0000000965. The smallest absolute Gasteiger partial charge is 0.00576 e. The van der Waals surface area contributed by atoms with Crippen LogP contribution < -0.4 is 0 Å². The van der Waals surface area contributed by atoms with Gasteiger partial charge in [0.2, 0.25) is 0 Å². The molecule has 0 N–H and O–H groups in total. The Morgan fingerprint density at radius 2 is 1.36 bits per heavy atom. The molecule has 0 spiro atoms. The summed E-state index contributed by atoms with van der Waals surface area (Å²) in [5.41, 5.74) is 0. The summed E-state index contributed by atoms with van der Waals surface area (Å²) < 4.78 is 0. The van der Waals surface area contributed by atoms with E-state index >= 15 is 0 Å². The third kappa shape index (κ3) is 83.4. The molecule has 0 saturated carbocycles. The van der Waals surface area contributed by atoms with Gasteiger partial charge in [-0.1, -0.05) is 48.0 Å². The molecule has 0 aromatic rings. The van der Waals surface area contributed by atoms with E-state index in [9.17, 15) is 0 Å². The summed E-state index contributed by atoms with van der Waals surface area (Å²) in [6, 6.07) is 0. The van der Waals surface area contributed by atoms with Gasteiger partial charge in [0, 0.05) is 6.42 Å². The lowest BCUT2D eigenvalue weighted by molar-refractivity contribution is 0.626. The molecule has 0 bridgehead atoms. The average Bonchev–Trinajstić information content (AvgIpc) is 2.08. The van der Waals surface area contributed by atoms with E-state index < -0.39 is 0 Å². The van der Waals surface area contributed by atoms with Crippen LogP contribution >= 0.6 is 0 Å². The number of hydrogen-bond donors (Lipinski definition) is 0. The first-order valence-electron chi connectivity index (χ1n) is 4.62. The van der Waals surface area contributed by atoms with Crippen LogP contribution in [-0.2, 0) is 0 Å². The molecule has 0 aromatic heterocycles. The summed E-state index contributed by atoms with van der Waals surface area (Å²) in [6.45, 7) is 12.6. The van der Waals surface area contributed by atoms with Crippen molar-refractivity contribution in [3.63, 3.8) is 0 Å². The van der Waals surface area contributed by atoms with Gasteiger partial charge in [-0.3, -0.25) is 0 Å². The molecule has 0 fully saturated rings. The third-order valence-electron chi connectivity index (χ3n) is 1.02. The van der Waals surface area contributed by atoms with E-state index in [4.69, 9.17) is 6.42 Å². The van der Waals surface area contributed by atoms with Gasteiger partial charge >= 0.3 is 0 Å². The molecule has 0 atom stereocenters. The predicted molar refractivity (Wildman–Crippen MR) is 55.6 cm³/mol. The van der Waals surface area contributed by atoms with Gasteiger partial charge in [0.25, 0.3) is 0 Å². The highest BCUT2D eigenvalue weighted by Gasteiger charge is 1.80. The first-order valence-corrected chi connectivity index (χ1v) is 4.62. The van der Waals surface area contributed by atoms with E-state index in [1.807, 2.05) is 20.8 Å². The monoisotopic (exact) mass is 156 g/mol. The summed E-state index contributed by atoms with van der Waals surface area (Å²) in [5, 5.41) is 0. The largest absolute Gasteiger partial charge is 0.120 e. The van der Waals surface area contributed by atoms with Crippen LogP contribution in [0.4, 0.5) is 0 Å². The van der Waals surface area contributed by atoms with E-state index in [-0.39, 0.29) is 0 Å². The molecule has 0 amide bonds. The van der Waals surface area contributed by atoms with Gasteiger partial charge in [-0.15, -0.1) is 12.3 Å². The highest BCUT2D eigenvalue weighted by atomic mass is 13.9. The molecule has 0 saturated heterocycles. The van der Waals surface area contributed by atoms with Crippen LogP contribution in [-0.4, -0.2) is 0 Å². The standard InChI is InChI=1S/C5H12.C4H6.C2H6/c1-4-5(2)3;1-3-4-2;1-2/h5H,4H2,1-3H3;1H,4H2,2H3;1-2H3. The number of rotatable bonds is 1. The summed E-state index contributed by atoms with van der Waals surface area (Å²) in [7, 11) is 0. The Labute approximate surface area is 73.4 Å². The molecular formula is C11H24. The fourth-order valence-corrected chi connectivity index (χ4v) is 0. The van der Waals surface area contributed by atoms with Crippen molar-refractivity contribution in [2.24, 2.45) is 5.92 Å². The van der Waals surface area contributed by atoms with Crippen molar-refractivity contribution in [1.29, 1.82) is 0 Å². The molecule has 0 aromatic carbocycles. The van der Waals surface area contributed by atoms with Crippen molar-refractivity contribution in [1.82, 2.24) is 0 Å². The van der Waals surface area contributed by atoms with Crippen LogP contribution in [0, 0.1) is 18.3 Å². The molecule has 0 aliphatic rings. The number of terminal acetylenes is 1. The van der Waals surface area contributed by atoms with Crippen LogP contribution in [0.15, 0.2) is 0 Å². The molecule has 0 unspecified atom stereocenters. The van der Waals surface area contributed by atoms with Gasteiger partial charge in [-0.05, 0) is 5.92 Å². The lowest BCUT2D eigenvalue weighted by atomic mass is 10.2. The zero-order valence-corrected chi connectivity index (χ0v) is 9.07. The van der Waals surface area contributed by atoms with E-state index in [1.165, 1.54) is 6.42 Å². The van der Waals surface area contributed by atoms with Gasteiger partial charge in [0.15, 0.2) is 0 Å². The molecule has 68 valence electrons. The Bertz CT molecular complexity index is 64.6.